The molecule has 2 heterocycles. The Labute approximate surface area is 162 Å². The second-order valence-corrected chi connectivity index (χ2v) is 7.11. The molecule has 2 rings (SSSR count). The largest absolute Gasteiger partial charge is 0.357 e. The van der Waals surface area contributed by atoms with Crippen molar-refractivity contribution in [3.05, 3.63) is 21.9 Å². The Morgan fingerprint density at radius 2 is 2.17 bits per heavy atom. The van der Waals surface area contributed by atoms with E-state index in [1.165, 1.54) is 12.0 Å². The van der Waals surface area contributed by atoms with E-state index in [1.807, 2.05) is 11.3 Å². The van der Waals surface area contributed by atoms with Crippen LogP contribution in [0.2, 0.25) is 0 Å². The maximum absolute atomic E-state index is 4.78. The first kappa shape index (κ1) is 20.7. The van der Waals surface area contributed by atoms with Crippen molar-refractivity contribution in [2.24, 2.45) is 4.99 Å². The number of guanidine groups is 1. The van der Waals surface area contributed by atoms with Crippen molar-refractivity contribution in [2.75, 3.05) is 19.6 Å². The summed E-state index contributed by atoms with van der Waals surface area (Å²) >= 11 is 1.90. The normalized spacial score (nSPS) is 17.8. The van der Waals surface area contributed by atoms with Crippen molar-refractivity contribution in [3.63, 3.8) is 0 Å². The summed E-state index contributed by atoms with van der Waals surface area (Å²) in [5, 5.41) is 9.02. The van der Waals surface area contributed by atoms with Crippen LogP contribution in [-0.2, 0) is 13.0 Å². The minimum atomic E-state index is 0. The summed E-state index contributed by atoms with van der Waals surface area (Å²) in [4.78, 5) is 8.89. The highest BCUT2D eigenvalue weighted by atomic mass is 127. The number of aliphatic imine (C=N–C) groups is 1. The van der Waals surface area contributed by atoms with Crippen molar-refractivity contribution in [2.45, 2.75) is 59.2 Å². The number of fused-ring (bicyclic) bond motifs is 1. The van der Waals surface area contributed by atoms with Crippen LogP contribution < -0.4 is 10.6 Å². The van der Waals surface area contributed by atoms with Gasteiger partial charge < -0.3 is 10.6 Å². The van der Waals surface area contributed by atoms with Crippen molar-refractivity contribution in [1.29, 1.82) is 0 Å². The van der Waals surface area contributed by atoms with Gasteiger partial charge in [-0.1, -0.05) is 6.92 Å². The van der Waals surface area contributed by atoms with E-state index in [0.717, 1.165) is 38.6 Å². The molecule has 1 aliphatic rings. The molecule has 1 aliphatic heterocycles. The van der Waals surface area contributed by atoms with E-state index in [-0.39, 0.29) is 24.0 Å². The summed E-state index contributed by atoms with van der Waals surface area (Å²) < 4.78 is 0. The van der Waals surface area contributed by atoms with Gasteiger partial charge in [0.25, 0.3) is 0 Å². The number of nitrogens with zero attached hydrogens (tertiary/aromatic N) is 2. The first-order chi connectivity index (χ1) is 10.6. The fourth-order valence-electron chi connectivity index (χ4n) is 2.64. The summed E-state index contributed by atoms with van der Waals surface area (Å²) in [5.74, 6) is 0.942. The molecule has 0 amide bonds. The van der Waals surface area contributed by atoms with Crippen molar-refractivity contribution in [1.82, 2.24) is 15.5 Å². The van der Waals surface area contributed by atoms with Gasteiger partial charge in [-0.2, -0.15) is 0 Å². The molecule has 0 radical (unpaired) electrons. The summed E-state index contributed by atoms with van der Waals surface area (Å²) in [6, 6.07) is 3.20. The molecule has 2 N–H and O–H groups in total. The average molecular weight is 450 g/mol. The van der Waals surface area contributed by atoms with Crippen LogP contribution in [0.15, 0.2) is 16.4 Å². The molecule has 1 aromatic rings. The monoisotopic (exact) mass is 450 g/mol. The first-order valence-electron chi connectivity index (χ1n) is 8.48. The van der Waals surface area contributed by atoms with Crippen molar-refractivity contribution >= 4 is 41.3 Å². The highest BCUT2D eigenvalue weighted by molar-refractivity contribution is 14.0. The Morgan fingerprint density at radius 3 is 2.87 bits per heavy atom. The number of nitrogens with one attached hydrogen (secondary N) is 2. The average Bonchev–Trinajstić information content (AvgIpc) is 2.99. The lowest BCUT2D eigenvalue weighted by atomic mass is 10.1. The van der Waals surface area contributed by atoms with Gasteiger partial charge in [0.15, 0.2) is 5.96 Å². The predicted molar refractivity (Wildman–Crippen MR) is 112 cm³/mol. The molecule has 0 bridgehead atoms. The highest BCUT2D eigenvalue weighted by Crippen LogP contribution is 2.25. The summed E-state index contributed by atoms with van der Waals surface area (Å²) in [7, 11) is 0. The van der Waals surface area contributed by atoms with Crippen LogP contribution in [0.1, 0.15) is 44.6 Å². The van der Waals surface area contributed by atoms with Crippen LogP contribution in [0.25, 0.3) is 0 Å². The van der Waals surface area contributed by atoms with Gasteiger partial charge in [0.2, 0.25) is 0 Å². The van der Waals surface area contributed by atoms with Crippen LogP contribution in [0.4, 0.5) is 0 Å². The molecule has 0 saturated carbocycles. The lowest BCUT2D eigenvalue weighted by Crippen LogP contribution is -2.43. The van der Waals surface area contributed by atoms with E-state index >= 15 is 0 Å². The molecular formula is C17H31IN4S. The molecule has 0 aliphatic carbocycles. The van der Waals surface area contributed by atoms with E-state index in [0.29, 0.717) is 12.1 Å². The number of halogens is 1. The maximum Gasteiger partial charge on any atom is 0.191 e. The second-order valence-electron chi connectivity index (χ2n) is 6.11. The van der Waals surface area contributed by atoms with Crippen LogP contribution in [0, 0.1) is 0 Å². The van der Waals surface area contributed by atoms with E-state index in [2.05, 4.69) is 54.7 Å². The zero-order valence-electron chi connectivity index (χ0n) is 14.8. The van der Waals surface area contributed by atoms with Gasteiger partial charge in [0, 0.05) is 36.6 Å². The van der Waals surface area contributed by atoms with Crippen LogP contribution >= 0.6 is 35.3 Å². The SMILES string of the molecule is CCNC(=NCC(C)N1CCc2sccc2C1)NC(C)CC.I. The molecule has 0 aromatic carbocycles. The lowest BCUT2D eigenvalue weighted by Gasteiger charge is -2.31. The van der Waals surface area contributed by atoms with Gasteiger partial charge >= 0.3 is 0 Å². The third-order valence-electron chi connectivity index (χ3n) is 4.31. The van der Waals surface area contributed by atoms with Gasteiger partial charge in [0.05, 0.1) is 6.54 Å². The number of thiophene rings is 1. The zero-order chi connectivity index (χ0) is 15.9. The topological polar surface area (TPSA) is 39.7 Å². The number of rotatable bonds is 6. The fraction of sp³-hybridized carbons (Fsp3) is 0.706. The van der Waals surface area contributed by atoms with Crippen molar-refractivity contribution in [3.8, 4) is 0 Å². The molecule has 2 atom stereocenters. The first-order valence-corrected chi connectivity index (χ1v) is 9.36. The Balaban J connectivity index is 0.00000264. The molecule has 132 valence electrons. The number of hydrogen-bond acceptors (Lipinski definition) is 3. The Morgan fingerprint density at radius 1 is 1.39 bits per heavy atom. The molecule has 6 heteroatoms. The van der Waals surface area contributed by atoms with Gasteiger partial charge in [-0.15, -0.1) is 35.3 Å². The molecule has 23 heavy (non-hydrogen) atoms. The molecule has 1 aromatic heterocycles. The fourth-order valence-corrected chi connectivity index (χ4v) is 3.53. The van der Waals surface area contributed by atoms with Gasteiger partial charge in [-0.3, -0.25) is 9.89 Å². The minimum absolute atomic E-state index is 0. The molecule has 2 unspecified atom stereocenters. The minimum Gasteiger partial charge on any atom is -0.357 e. The molecule has 0 spiro atoms. The highest BCUT2D eigenvalue weighted by Gasteiger charge is 2.21. The van der Waals surface area contributed by atoms with Crippen LogP contribution in [0.3, 0.4) is 0 Å². The van der Waals surface area contributed by atoms with Crippen LogP contribution in [0.5, 0.6) is 0 Å². The number of hydrogen-bond donors (Lipinski definition) is 2. The Bertz CT molecular complexity index is 489. The third-order valence-corrected chi connectivity index (χ3v) is 5.34. The van der Waals surface area contributed by atoms with E-state index in [4.69, 9.17) is 4.99 Å². The summed E-state index contributed by atoms with van der Waals surface area (Å²) in [6.07, 6.45) is 2.29. The smallest absolute Gasteiger partial charge is 0.191 e. The predicted octanol–water partition coefficient (Wildman–Crippen LogP) is 3.47. The Hall–Kier alpha value is -0.340. The maximum atomic E-state index is 4.78. The van der Waals surface area contributed by atoms with Gasteiger partial charge in [0.1, 0.15) is 0 Å². The standard InChI is InChI=1S/C17H30N4S.HI/c1-5-13(3)20-17(18-6-2)19-11-14(4)21-9-7-16-15(12-21)8-10-22-16;/h8,10,13-14H,5-7,9,11-12H2,1-4H3,(H2,18,19,20);1H. The van der Waals surface area contributed by atoms with E-state index in [1.54, 1.807) is 4.88 Å². The molecule has 0 saturated heterocycles. The molecular weight excluding hydrogens is 419 g/mol. The molecule has 4 nitrogen and oxygen atoms in total. The second kappa shape index (κ2) is 10.5. The van der Waals surface area contributed by atoms with Gasteiger partial charge in [-0.25, -0.2) is 0 Å². The van der Waals surface area contributed by atoms with E-state index in [9.17, 15) is 0 Å². The van der Waals surface area contributed by atoms with Crippen molar-refractivity contribution < 1.29 is 0 Å². The Kier molecular flexibility index (Phi) is 9.46. The quantitative estimate of drug-likeness (QED) is 0.396. The van der Waals surface area contributed by atoms with Gasteiger partial charge in [-0.05, 0) is 50.6 Å². The lowest BCUT2D eigenvalue weighted by molar-refractivity contribution is 0.197. The zero-order valence-corrected chi connectivity index (χ0v) is 17.9. The van der Waals surface area contributed by atoms with Crippen LogP contribution in [-0.4, -0.2) is 42.6 Å². The summed E-state index contributed by atoms with van der Waals surface area (Å²) in [6.45, 7) is 12.7. The van der Waals surface area contributed by atoms with E-state index < -0.39 is 0 Å². The molecule has 0 fully saturated rings. The third kappa shape index (κ3) is 6.23. The summed E-state index contributed by atoms with van der Waals surface area (Å²) in [5.41, 5.74) is 1.51.